The molecule has 3 N–H and O–H groups in total. The molecule has 1 fully saturated rings. The molecule has 40 heavy (non-hydrogen) atoms. The first-order valence-corrected chi connectivity index (χ1v) is 14.7. The minimum atomic E-state index is -0.206. The lowest BCUT2D eigenvalue weighted by Gasteiger charge is -2.26. The monoisotopic (exact) mass is 570 g/mol. The predicted octanol–water partition coefficient (Wildman–Crippen LogP) is 8.12. The van der Waals surface area contributed by atoms with Crippen LogP contribution in [0.25, 0.3) is 0 Å². The molecular weight excluding hydrogens is 523 g/mol. The lowest BCUT2D eigenvalue weighted by Crippen LogP contribution is -2.16. The number of nitrogens with zero attached hydrogens (tertiary/aromatic N) is 1. The van der Waals surface area contributed by atoms with E-state index in [4.69, 9.17) is 8.95 Å². The summed E-state index contributed by atoms with van der Waals surface area (Å²) in [6.07, 6.45) is 13.2. The van der Waals surface area contributed by atoms with Gasteiger partial charge >= 0.3 is 0 Å². The number of aryl methyl sites for hydroxylation is 1. The molecule has 6 nitrogen and oxygen atoms in total. The number of halogens is 1. The van der Waals surface area contributed by atoms with Crippen molar-refractivity contribution in [1.82, 2.24) is 15.5 Å². The van der Waals surface area contributed by atoms with E-state index in [-0.39, 0.29) is 17.3 Å². The van der Waals surface area contributed by atoms with Crippen molar-refractivity contribution in [1.29, 1.82) is 0 Å². The van der Waals surface area contributed by atoms with Gasteiger partial charge in [-0.3, -0.25) is 5.10 Å². The molecule has 0 aliphatic heterocycles. The summed E-state index contributed by atoms with van der Waals surface area (Å²) in [6, 6.07) is 5.87. The van der Waals surface area contributed by atoms with Crippen LogP contribution in [0.15, 0.2) is 54.3 Å². The second kappa shape index (κ2) is 16.4. The summed E-state index contributed by atoms with van der Waals surface area (Å²) in [5.74, 6) is 1.61. The Bertz CT molecular complexity index is 1150. The molecule has 1 aliphatic carbocycles. The van der Waals surface area contributed by atoms with Crippen LogP contribution >= 0.6 is 0 Å². The number of rotatable bonds is 13. The first kappa shape index (κ1) is 33.4. The van der Waals surface area contributed by atoms with Gasteiger partial charge in [0.1, 0.15) is 5.76 Å². The SMILES string of the molecule is C=C(/C(=C\C=C/CC)OC1CCC(c2cc(Nc3ccc(CCCC)c(CNC)c3F)n[nH]2)C1)C(C)(C)C.O=S. The zero-order chi connectivity index (χ0) is 29.7. The van der Waals surface area contributed by atoms with E-state index in [2.05, 4.69) is 86.7 Å². The summed E-state index contributed by atoms with van der Waals surface area (Å²) in [5, 5.41) is 13.9. The fraction of sp³-hybridized carbons (Fsp3) is 0.531. The molecule has 1 aromatic heterocycles. The van der Waals surface area contributed by atoms with Crippen LogP contribution in [0, 0.1) is 11.2 Å². The lowest BCUT2D eigenvalue weighted by molar-refractivity contribution is 0.121. The fourth-order valence-corrected chi connectivity index (χ4v) is 4.86. The summed E-state index contributed by atoms with van der Waals surface area (Å²) in [7, 11) is 1.85. The van der Waals surface area contributed by atoms with Crippen LogP contribution in [0.1, 0.15) is 95.9 Å². The number of unbranched alkanes of at least 4 members (excludes halogenated alkanes) is 1. The Balaban J connectivity index is 0.00000274. The Morgan fingerprint density at radius 1 is 1.27 bits per heavy atom. The Hall–Kier alpha value is -2.84. The highest BCUT2D eigenvalue weighted by atomic mass is 32.1. The standard InChI is InChI=1S/C32H47FN4O.OS/c1-8-10-12-14-29(22(3)32(4,5)6)38-25-17-15-24(19-25)28-20-30(37-36-28)35-27-18-16-23(13-11-9-2)26(21-34-7)31(27)33;1-2/h10,12,14,16,18,20,24-25,34H,3,8-9,11,13,15,17,19,21H2,1-2,4-7H3,(H2,35,36,37);/b12-10-,29-14+;. The van der Waals surface area contributed by atoms with Crippen molar-refractivity contribution >= 4 is 24.0 Å². The molecule has 0 spiro atoms. The summed E-state index contributed by atoms with van der Waals surface area (Å²) in [5.41, 5.74) is 4.25. The maximum atomic E-state index is 15.4. The van der Waals surface area contributed by atoms with Gasteiger partial charge < -0.3 is 15.4 Å². The molecule has 3 rings (SSSR count). The van der Waals surface area contributed by atoms with Crippen LogP contribution in [-0.2, 0) is 30.2 Å². The maximum absolute atomic E-state index is 15.4. The molecule has 220 valence electrons. The van der Waals surface area contributed by atoms with E-state index in [9.17, 15) is 0 Å². The number of hydrogen-bond donors (Lipinski definition) is 3. The van der Waals surface area contributed by atoms with Gasteiger partial charge in [-0.05, 0) is 74.3 Å². The zero-order valence-corrected chi connectivity index (χ0v) is 25.8. The van der Waals surface area contributed by atoms with Crippen LogP contribution in [0.5, 0.6) is 0 Å². The minimum Gasteiger partial charge on any atom is -0.490 e. The molecule has 2 aromatic rings. The number of benzene rings is 1. The Morgan fingerprint density at radius 3 is 2.67 bits per heavy atom. The van der Waals surface area contributed by atoms with Gasteiger partial charge in [-0.15, -0.1) is 0 Å². The average molecular weight is 571 g/mol. The predicted molar refractivity (Wildman–Crippen MR) is 165 cm³/mol. The molecule has 1 saturated carbocycles. The summed E-state index contributed by atoms with van der Waals surface area (Å²) in [6.45, 7) is 15.6. The normalized spacial score (nSPS) is 17.5. The van der Waals surface area contributed by atoms with E-state index in [1.807, 2.05) is 31.3 Å². The Morgan fingerprint density at radius 2 is 2.02 bits per heavy atom. The molecule has 0 bridgehead atoms. The summed E-state index contributed by atoms with van der Waals surface area (Å²) < 4.78 is 29.7. The van der Waals surface area contributed by atoms with Gasteiger partial charge in [0.25, 0.3) is 0 Å². The van der Waals surface area contributed by atoms with Crippen LogP contribution in [0.4, 0.5) is 15.9 Å². The van der Waals surface area contributed by atoms with E-state index in [1.165, 1.54) is 0 Å². The van der Waals surface area contributed by atoms with Gasteiger partial charge in [-0.1, -0.05) is 65.8 Å². The number of nitrogens with one attached hydrogen (secondary N) is 3. The van der Waals surface area contributed by atoms with Crippen LogP contribution < -0.4 is 10.6 Å². The summed E-state index contributed by atoms with van der Waals surface area (Å²) >= 11 is 2.83. The molecule has 1 aromatic carbocycles. The highest BCUT2D eigenvalue weighted by Gasteiger charge is 2.31. The lowest BCUT2D eigenvalue weighted by atomic mass is 9.86. The number of hydrogen-bond acceptors (Lipinski definition) is 6. The van der Waals surface area contributed by atoms with Gasteiger partial charge in [0.15, 0.2) is 24.2 Å². The first-order chi connectivity index (χ1) is 19.2. The van der Waals surface area contributed by atoms with Crippen molar-refractivity contribution < 1.29 is 13.3 Å². The number of ether oxygens (including phenoxy) is 1. The molecule has 0 saturated heterocycles. The number of H-pyrrole nitrogens is 1. The number of aromatic nitrogens is 2. The molecule has 1 aliphatic rings. The maximum Gasteiger partial charge on any atom is 0.197 e. The first-order valence-electron chi connectivity index (χ1n) is 14.3. The molecule has 0 amide bonds. The van der Waals surface area contributed by atoms with E-state index in [1.54, 1.807) is 0 Å². The molecule has 8 heteroatoms. The highest BCUT2D eigenvalue weighted by Crippen LogP contribution is 2.39. The zero-order valence-electron chi connectivity index (χ0n) is 25.0. The number of anilines is 2. The van der Waals surface area contributed by atoms with E-state index in [0.29, 0.717) is 24.0 Å². The van der Waals surface area contributed by atoms with Crippen molar-refractivity contribution in [3.05, 3.63) is 77.0 Å². The molecule has 1 heterocycles. The third-order valence-electron chi connectivity index (χ3n) is 7.29. The minimum absolute atomic E-state index is 0.0651. The Kier molecular flexibility index (Phi) is 13.7. The molecule has 2 atom stereocenters. The smallest absolute Gasteiger partial charge is 0.197 e. The topological polar surface area (TPSA) is 79.0 Å². The van der Waals surface area contributed by atoms with Gasteiger partial charge in [0.2, 0.25) is 0 Å². The van der Waals surface area contributed by atoms with Gasteiger partial charge in [-0.2, -0.15) is 9.31 Å². The van der Waals surface area contributed by atoms with E-state index >= 15 is 4.39 Å². The van der Waals surface area contributed by atoms with Crippen molar-refractivity contribution in [2.24, 2.45) is 5.41 Å². The molecule has 0 radical (unpaired) electrons. The van der Waals surface area contributed by atoms with E-state index < -0.39 is 0 Å². The third-order valence-corrected chi connectivity index (χ3v) is 7.29. The van der Waals surface area contributed by atoms with Crippen molar-refractivity contribution in [3.63, 3.8) is 0 Å². The van der Waals surface area contributed by atoms with Crippen molar-refractivity contribution in [3.8, 4) is 0 Å². The quantitative estimate of drug-likeness (QED) is 0.167. The summed E-state index contributed by atoms with van der Waals surface area (Å²) in [4.78, 5) is 0. The number of aromatic amines is 1. The van der Waals surface area contributed by atoms with Gasteiger partial charge in [-0.25, -0.2) is 4.39 Å². The molecular formula is C32H47FN4O2S. The van der Waals surface area contributed by atoms with E-state index in [0.717, 1.165) is 73.1 Å². The van der Waals surface area contributed by atoms with Crippen molar-refractivity contribution in [2.75, 3.05) is 12.4 Å². The van der Waals surface area contributed by atoms with Crippen LogP contribution in [0.3, 0.4) is 0 Å². The second-order valence-corrected chi connectivity index (χ2v) is 11.4. The number of allylic oxidation sites excluding steroid dienone is 4. The fourth-order valence-electron chi connectivity index (χ4n) is 4.86. The molecule has 2 unspecified atom stereocenters. The van der Waals surface area contributed by atoms with Crippen LogP contribution in [0.2, 0.25) is 0 Å². The average Bonchev–Trinajstić information content (AvgIpc) is 3.60. The van der Waals surface area contributed by atoms with Gasteiger partial charge in [0.05, 0.1) is 11.8 Å². The largest absolute Gasteiger partial charge is 0.490 e. The van der Waals surface area contributed by atoms with Gasteiger partial charge in [0, 0.05) is 29.8 Å². The third kappa shape index (κ3) is 9.37. The second-order valence-electron chi connectivity index (χ2n) is 11.4. The Labute approximate surface area is 245 Å². The van der Waals surface area contributed by atoms with Crippen molar-refractivity contribution in [2.45, 2.75) is 98.1 Å². The van der Waals surface area contributed by atoms with Crippen LogP contribution in [-0.4, -0.2) is 27.6 Å². The highest BCUT2D eigenvalue weighted by molar-refractivity contribution is 7.44.